The Balaban J connectivity index is 0.00000324. The lowest BCUT2D eigenvalue weighted by Crippen LogP contribution is -2.32. The van der Waals surface area contributed by atoms with Crippen LogP contribution in [0.3, 0.4) is 0 Å². The monoisotopic (exact) mass is 306 g/mol. The molecule has 1 aromatic carbocycles. The SMILES string of the molecule is CCCNCCNC(=O)c1ccc(Cl)cc1OC.Cl. The van der Waals surface area contributed by atoms with E-state index in [4.69, 9.17) is 16.3 Å². The fourth-order valence-corrected chi connectivity index (χ4v) is 1.68. The van der Waals surface area contributed by atoms with E-state index >= 15 is 0 Å². The average molecular weight is 307 g/mol. The zero-order chi connectivity index (χ0) is 13.4. The van der Waals surface area contributed by atoms with E-state index in [0.29, 0.717) is 22.9 Å². The zero-order valence-electron chi connectivity index (χ0n) is 11.2. The largest absolute Gasteiger partial charge is 0.496 e. The molecule has 108 valence electrons. The third-order valence-electron chi connectivity index (χ3n) is 2.42. The standard InChI is InChI=1S/C13H19ClN2O2.ClH/c1-3-6-15-7-8-16-13(17)11-5-4-10(14)9-12(11)18-2;/h4-5,9,15H,3,6-8H2,1-2H3,(H,16,17);1H. The fraction of sp³-hybridized carbons (Fsp3) is 0.462. The molecule has 0 aliphatic rings. The van der Waals surface area contributed by atoms with Gasteiger partial charge in [-0.15, -0.1) is 12.4 Å². The number of hydrogen-bond acceptors (Lipinski definition) is 3. The predicted octanol–water partition coefficient (Wildman–Crippen LogP) is 2.50. The van der Waals surface area contributed by atoms with Gasteiger partial charge in [-0.25, -0.2) is 0 Å². The van der Waals surface area contributed by atoms with Crippen molar-refractivity contribution in [3.05, 3.63) is 28.8 Å². The van der Waals surface area contributed by atoms with E-state index < -0.39 is 0 Å². The van der Waals surface area contributed by atoms with Gasteiger partial charge < -0.3 is 15.4 Å². The van der Waals surface area contributed by atoms with Crippen LogP contribution in [0.1, 0.15) is 23.7 Å². The summed E-state index contributed by atoms with van der Waals surface area (Å²) in [7, 11) is 1.52. The number of benzene rings is 1. The Morgan fingerprint density at radius 3 is 2.68 bits per heavy atom. The van der Waals surface area contributed by atoms with E-state index in [9.17, 15) is 4.79 Å². The third-order valence-corrected chi connectivity index (χ3v) is 2.66. The van der Waals surface area contributed by atoms with Gasteiger partial charge in [-0.05, 0) is 31.2 Å². The summed E-state index contributed by atoms with van der Waals surface area (Å²) in [5.41, 5.74) is 0.498. The Hall–Kier alpha value is -0.970. The van der Waals surface area contributed by atoms with Crippen LogP contribution in [0.4, 0.5) is 0 Å². The predicted molar refractivity (Wildman–Crippen MR) is 80.7 cm³/mol. The molecule has 1 rings (SSSR count). The number of carbonyl (C=O) groups excluding carboxylic acids is 1. The summed E-state index contributed by atoms with van der Waals surface area (Å²) in [6, 6.07) is 4.97. The van der Waals surface area contributed by atoms with Crippen molar-refractivity contribution in [2.24, 2.45) is 0 Å². The number of methoxy groups -OCH3 is 1. The number of rotatable bonds is 7. The van der Waals surface area contributed by atoms with Crippen molar-refractivity contribution in [1.82, 2.24) is 10.6 Å². The van der Waals surface area contributed by atoms with Crippen LogP contribution in [0, 0.1) is 0 Å². The summed E-state index contributed by atoms with van der Waals surface area (Å²) in [6.07, 6.45) is 1.08. The first-order valence-corrected chi connectivity index (χ1v) is 6.39. The molecule has 1 aromatic rings. The van der Waals surface area contributed by atoms with Gasteiger partial charge in [0.15, 0.2) is 0 Å². The second-order valence-corrected chi connectivity index (χ2v) is 4.29. The van der Waals surface area contributed by atoms with E-state index in [-0.39, 0.29) is 18.3 Å². The maximum Gasteiger partial charge on any atom is 0.255 e. The summed E-state index contributed by atoms with van der Waals surface area (Å²) in [5.74, 6) is 0.336. The van der Waals surface area contributed by atoms with Gasteiger partial charge >= 0.3 is 0 Å². The number of hydrogen-bond donors (Lipinski definition) is 2. The summed E-state index contributed by atoms with van der Waals surface area (Å²) >= 11 is 5.84. The first kappa shape index (κ1) is 18.0. The van der Waals surface area contributed by atoms with E-state index in [1.54, 1.807) is 18.2 Å². The zero-order valence-corrected chi connectivity index (χ0v) is 12.7. The Morgan fingerprint density at radius 2 is 2.05 bits per heavy atom. The summed E-state index contributed by atoms with van der Waals surface area (Å²) < 4.78 is 5.13. The Bertz CT molecular complexity index is 400. The molecule has 1 amide bonds. The van der Waals surface area contributed by atoms with Crippen molar-refractivity contribution >= 4 is 29.9 Å². The second-order valence-electron chi connectivity index (χ2n) is 3.85. The van der Waals surface area contributed by atoms with Gasteiger partial charge in [0.1, 0.15) is 5.75 Å². The molecular formula is C13H20Cl2N2O2. The molecule has 0 aliphatic carbocycles. The highest BCUT2D eigenvalue weighted by atomic mass is 35.5. The molecule has 0 heterocycles. The topological polar surface area (TPSA) is 50.4 Å². The average Bonchev–Trinajstić information content (AvgIpc) is 2.38. The lowest BCUT2D eigenvalue weighted by molar-refractivity contribution is 0.0951. The maximum absolute atomic E-state index is 11.9. The fourth-order valence-electron chi connectivity index (χ4n) is 1.51. The molecule has 0 saturated carbocycles. The maximum atomic E-state index is 11.9. The number of carbonyl (C=O) groups is 1. The molecule has 0 bridgehead atoms. The van der Waals surface area contributed by atoms with E-state index in [1.165, 1.54) is 7.11 Å². The van der Waals surface area contributed by atoms with Gasteiger partial charge in [-0.3, -0.25) is 4.79 Å². The smallest absolute Gasteiger partial charge is 0.255 e. The minimum Gasteiger partial charge on any atom is -0.496 e. The molecular weight excluding hydrogens is 287 g/mol. The molecule has 4 nitrogen and oxygen atoms in total. The van der Waals surface area contributed by atoms with Crippen molar-refractivity contribution in [2.75, 3.05) is 26.7 Å². The van der Waals surface area contributed by atoms with Gasteiger partial charge in [0.25, 0.3) is 5.91 Å². The van der Waals surface area contributed by atoms with Gasteiger partial charge in [0.2, 0.25) is 0 Å². The molecule has 0 fully saturated rings. The lowest BCUT2D eigenvalue weighted by atomic mass is 10.2. The molecule has 0 atom stereocenters. The van der Waals surface area contributed by atoms with Crippen molar-refractivity contribution in [3.63, 3.8) is 0 Å². The van der Waals surface area contributed by atoms with Gasteiger partial charge in [0, 0.05) is 18.1 Å². The third kappa shape index (κ3) is 6.14. The van der Waals surface area contributed by atoms with Crippen LogP contribution in [-0.2, 0) is 0 Å². The Labute approximate surface area is 125 Å². The number of halogens is 2. The highest BCUT2D eigenvalue weighted by molar-refractivity contribution is 6.30. The first-order valence-electron chi connectivity index (χ1n) is 6.01. The second kappa shape index (κ2) is 9.89. The summed E-state index contributed by atoms with van der Waals surface area (Å²) in [4.78, 5) is 11.9. The molecule has 0 aromatic heterocycles. The normalized spacial score (nSPS) is 9.63. The van der Waals surface area contributed by atoms with Crippen LogP contribution in [0.15, 0.2) is 18.2 Å². The molecule has 2 N–H and O–H groups in total. The van der Waals surface area contributed by atoms with Crippen LogP contribution in [0.5, 0.6) is 5.75 Å². The summed E-state index contributed by atoms with van der Waals surface area (Å²) in [5, 5.41) is 6.59. The molecule has 0 unspecified atom stereocenters. The quantitative estimate of drug-likeness (QED) is 0.761. The minimum absolute atomic E-state index is 0. The van der Waals surface area contributed by atoms with Crippen molar-refractivity contribution in [1.29, 1.82) is 0 Å². The molecule has 6 heteroatoms. The van der Waals surface area contributed by atoms with Gasteiger partial charge in [-0.1, -0.05) is 18.5 Å². The van der Waals surface area contributed by atoms with Crippen LogP contribution in [0.25, 0.3) is 0 Å². The minimum atomic E-state index is -0.151. The van der Waals surface area contributed by atoms with Crippen LogP contribution in [0.2, 0.25) is 5.02 Å². The van der Waals surface area contributed by atoms with Crippen LogP contribution in [-0.4, -0.2) is 32.7 Å². The molecule has 19 heavy (non-hydrogen) atoms. The molecule has 0 spiro atoms. The van der Waals surface area contributed by atoms with Gasteiger partial charge in [0.05, 0.1) is 12.7 Å². The van der Waals surface area contributed by atoms with E-state index in [2.05, 4.69) is 17.6 Å². The highest BCUT2D eigenvalue weighted by Crippen LogP contribution is 2.22. The number of nitrogens with one attached hydrogen (secondary N) is 2. The Kier molecular flexibility index (Phi) is 9.39. The first-order chi connectivity index (χ1) is 8.69. The van der Waals surface area contributed by atoms with Crippen LogP contribution >= 0.6 is 24.0 Å². The van der Waals surface area contributed by atoms with Crippen molar-refractivity contribution in [3.8, 4) is 5.75 Å². The van der Waals surface area contributed by atoms with E-state index in [0.717, 1.165) is 19.5 Å². The van der Waals surface area contributed by atoms with E-state index in [1.807, 2.05) is 0 Å². The summed E-state index contributed by atoms with van der Waals surface area (Å²) in [6.45, 7) is 4.41. The van der Waals surface area contributed by atoms with Crippen molar-refractivity contribution in [2.45, 2.75) is 13.3 Å². The number of amides is 1. The lowest BCUT2D eigenvalue weighted by Gasteiger charge is -2.10. The number of ether oxygens (including phenoxy) is 1. The van der Waals surface area contributed by atoms with Crippen molar-refractivity contribution < 1.29 is 9.53 Å². The van der Waals surface area contributed by atoms with Crippen LogP contribution < -0.4 is 15.4 Å². The Morgan fingerprint density at radius 1 is 1.32 bits per heavy atom. The molecule has 0 radical (unpaired) electrons. The molecule has 0 aliphatic heterocycles. The van der Waals surface area contributed by atoms with Gasteiger partial charge in [-0.2, -0.15) is 0 Å². The molecule has 0 saturated heterocycles. The highest BCUT2D eigenvalue weighted by Gasteiger charge is 2.11.